The van der Waals surface area contributed by atoms with E-state index < -0.39 is 20.4 Å². The fourth-order valence-corrected chi connectivity index (χ4v) is 5.47. The van der Waals surface area contributed by atoms with Crippen molar-refractivity contribution in [1.82, 2.24) is 29.1 Å². The summed E-state index contributed by atoms with van der Waals surface area (Å²) in [6.45, 7) is 4.45. The summed E-state index contributed by atoms with van der Waals surface area (Å²) in [5.41, 5.74) is 11.9. The van der Waals surface area contributed by atoms with Crippen molar-refractivity contribution in [3.05, 3.63) is 35.4 Å². The summed E-state index contributed by atoms with van der Waals surface area (Å²) in [4.78, 5) is 27.3. The highest BCUT2D eigenvalue weighted by atomic mass is 31.2. The molecule has 2 unspecified atom stereocenters. The summed E-state index contributed by atoms with van der Waals surface area (Å²) < 4.78 is 47.7. The fraction of sp³-hybridized carbons (Fsp3) is 0.526. The van der Waals surface area contributed by atoms with Crippen molar-refractivity contribution >= 4 is 37.5 Å². The van der Waals surface area contributed by atoms with Crippen molar-refractivity contribution in [3.63, 3.8) is 0 Å². The number of ether oxygens (including phenoxy) is 2. The Bertz CT molecular complexity index is 1360. The summed E-state index contributed by atoms with van der Waals surface area (Å²) in [7, 11) is -5.16. The molecule has 0 amide bonds. The van der Waals surface area contributed by atoms with Crippen molar-refractivity contribution < 1.29 is 27.7 Å². The molecule has 2 aliphatic rings. The van der Waals surface area contributed by atoms with Gasteiger partial charge in [-0.2, -0.15) is 4.98 Å². The zero-order valence-corrected chi connectivity index (χ0v) is 21.6. The minimum Gasteiger partial charge on any atom is -0.383 e. The van der Waals surface area contributed by atoms with E-state index in [2.05, 4.69) is 19.9 Å². The number of rotatable bonds is 4. The van der Waals surface area contributed by atoms with Crippen LogP contribution in [0.4, 0.5) is 11.6 Å². The lowest BCUT2D eigenvalue weighted by atomic mass is 10.3. The smallest absolute Gasteiger partial charge is 0.349 e. The number of nitrogen functional groups attached to an aromatic ring is 2. The first-order chi connectivity index (χ1) is 17.0. The van der Waals surface area contributed by atoms with Gasteiger partial charge in [0.1, 0.15) is 36.5 Å². The van der Waals surface area contributed by atoms with Crippen LogP contribution in [0.2, 0.25) is 0 Å². The maximum absolute atomic E-state index is 11.6. The van der Waals surface area contributed by atoms with E-state index in [1.165, 1.54) is 23.6 Å². The molecule has 3 aromatic heterocycles. The van der Waals surface area contributed by atoms with E-state index in [-0.39, 0.29) is 37.3 Å². The first kappa shape index (κ1) is 26.4. The van der Waals surface area contributed by atoms with Crippen molar-refractivity contribution in [1.29, 1.82) is 0 Å². The molecule has 3 aromatic rings. The van der Waals surface area contributed by atoms with Gasteiger partial charge >= 0.3 is 5.69 Å². The van der Waals surface area contributed by atoms with Gasteiger partial charge in [-0.25, -0.2) is 19.7 Å². The number of aromatic nitrogens is 6. The van der Waals surface area contributed by atoms with Gasteiger partial charge in [0.2, 0.25) is 14.7 Å². The van der Waals surface area contributed by atoms with E-state index in [0.717, 1.165) is 0 Å². The first-order valence-corrected chi connectivity index (χ1v) is 15.4. The molecule has 0 spiro atoms. The first-order valence-electron chi connectivity index (χ1n) is 10.9. The number of hydrogen-bond acceptors (Lipinski definition) is 13. The molecule has 2 aliphatic heterocycles. The van der Waals surface area contributed by atoms with Gasteiger partial charge in [-0.1, -0.05) is 0 Å². The van der Waals surface area contributed by atoms with Crippen LogP contribution in [-0.2, 0) is 40.7 Å². The van der Waals surface area contributed by atoms with Crippen LogP contribution >= 0.6 is 14.7 Å². The van der Waals surface area contributed by atoms with Crippen molar-refractivity contribution in [2.75, 3.05) is 50.7 Å². The summed E-state index contributed by atoms with van der Waals surface area (Å²) in [6, 6.07) is 1.54. The molecular weight excluding hydrogens is 514 g/mol. The van der Waals surface area contributed by atoms with Crippen LogP contribution in [0.1, 0.15) is 0 Å². The largest absolute Gasteiger partial charge is 0.383 e. The molecule has 2 saturated heterocycles. The minimum absolute atomic E-state index is 0.0782. The number of hydrogen-bond donors (Lipinski definition) is 2. The highest BCUT2D eigenvalue weighted by Gasteiger charge is 2.28. The van der Waals surface area contributed by atoms with Gasteiger partial charge in [-0.05, 0) is 6.07 Å². The van der Waals surface area contributed by atoms with Crippen LogP contribution in [0.15, 0.2) is 29.7 Å². The molecule has 2 fully saturated rings. The van der Waals surface area contributed by atoms with E-state index in [4.69, 9.17) is 30.0 Å². The maximum atomic E-state index is 11.6. The SMILES string of the molecule is CP1(=O)CO[C@@H](Cn2ccc(N)nc2=O)CO1.CP1(=O)CO[C@@H](Cn2cnc3c(N)ncnc32)CO1. The molecule has 0 radical (unpaired) electrons. The Morgan fingerprint density at radius 2 is 1.58 bits per heavy atom. The van der Waals surface area contributed by atoms with Crippen molar-refractivity contribution in [2.24, 2.45) is 0 Å². The Morgan fingerprint density at radius 3 is 2.14 bits per heavy atom. The topological polar surface area (TPSA) is 202 Å². The van der Waals surface area contributed by atoms with Gasteiger partial charge in [-0.3, -0.25) is 13.7 Å². The Hall–Kier alpha value is -2.67. The molecule has 5 rings (SSSR count). The van der Waals surface area contributed by atoms with Gasteiger partial charge in [0.25, 0.3) is 0 Å². The molecule has 4 N–H and O–H groups in total. The summed E-state index contributed by atoms with van der Waals surface area (Å²) >= 11 is 0. The zero-order valence-electron chi connectivity index (χ0n) is 19.8. The van der Waals surface area contributed by atoms with Crippen molar-refractivity contribution in [3.8, 4) is 0 Å². The standard InChI is InChI=1S/C10H14N5O3P.C9H14N3O4P/c1-19(16)6-17-7(3-18-19)2-15-5-14-8-9(11)12-4-13-10(8)15;1-17(14)6-15-7(5-16-17)4-12-3-2-8(10)11-9(12)13/h4-5,7H,2-3,6H2,1H3,(H2,11,12,13);2-3,7H,4-6H2,1H3,(H2,10,11,13)/t7-,19?;7-,17?/m00/s1. The third-order valence-corrected chi connectivity index (χ3v) is 7.91. The molecular formula is C19H28N8O7P2. The molecule has 0 aliphatic carbocycles. The van der Waals surface area contributed by atoms with Gasteiger partial charge in [0, 0.05) is 19.5 Å². The molecule has 0 bridgehead atoms. The molecule has 196 valence electrons. The molecule has 36 heavy (non-hydrogen) atoms. The number of imidazole rings is 1. The summed E-state index contributed by atoms with van der Waals surface area (Å²) in [5.74, 6) is 0.535. The van der Waals surface area contributed by atoms with E-state index in [1.54, 1.807) is 19.2 Å². The number of anilines is 2. The number of nitrogens with two attached hydrogens (primary N) is 2. The lowest BCUT2D eigenvalue weighted by molar-refractivity contribution is 0.00381. The fourth-order valence-electron chi connectivity index (χ4n) is 3.40. The molecule has 4 atom stereocenters. The van der Waals surface area contributed by atoms with Crippen LogP contribution in [0.3, 0.4) is 0 Å². The van der Waals surface area contributed by atoms with Crippen LogP contribution in [0, 0.1) is 0 Å². The molecule has 17 heteroatoms. The Labute approximate surface area is 206 Å². The normalized spacial score (nSPS) is 28.4. The Morgan fingerprint density at radius 1 is 0.972 bits per heavy atom. The quantitative estimate of drug-likeness (QED) is 0.439. The van der Waals surface area contributed by atoms with Crippen LogP contribution < -0.4 is 17.2 Å². The van der Waals surface area contributed by atoms with Crippen LogP contribution in [0.25, 0.3) is 11.2 Å². The monoisotopic (exact) mass is 542 g/mol. The van der Waals surface area contributed by atoms with E-state index >= 15 is 0 Å². The second kappa shape index (κ2) is 10.8. The lowest BCUT2D eigenvalue weighted by Crippen LogP contribution is -2.34. The third-order valence-electron chi connectivity index (χ3n) is 5.28. The second-order valence-corrected chi connectivity index (χ2v) is 13.7. The minimum atomic E-state index is -2.59. The molecule has 0 saturated carbocycles. The summed E-state index contributed by atoms with van der Waals surface area (Å²) in [6.07, 6.45) is 4.34. The van der Waals surface area contributed by atoms with Crippen LogP contribution in [0.5, 0.6) is 0 Å². The molecule has 15 nitrogen and oxygen atoms in total. The average Bonchev–Trinajstić information content (AvgIpc) is 3.23. The highest BCUT2D eigenvalue weighted by Crippen LogP contribution is 2.46. The second-order valence-electron chi connectivity index (χ2n) is 8.57. The zero-order chi connectivity index (χ0) is 25.9. The van der Waals surface area contributed by atoms with E-state index in [1.807, 2.05) is 4.57 Å². The average molecular weight is 542 g/mol. The lowest BCUT2D eigenvalue weighted by Gasteiger charge is -2.27. The van der Waals surface area contributed by atoms with Gasteiger partial charge < -0.3 is 34.6 Å². The van der Waals surface area contributed by atoms with Crippen LogP contribution in [-0.4, -0.2) is 80.5 Å². The van der Waals surface area contributed by atoms with E-state index in [9.17, 15) is 13.9 Å². The number of fused-ring (bicyclic) bond motifs is 1. The summed E-state index contributed by atoms with van der Waals surface area (Å²) in [5, 5.41) is 0. The third kappa shape index (κ3) is 6.75. The van der Waals surface area contributed by atoms with Crippen molar-refractivity contribution in [2.45, 2.75) is 25.3 Å². The van der Waals surface area contributed by atoms with E-state index in [0.29, 0.717) is 36.7 Å². The van der Waals surface area contributed by atoms with Gasteiger partial charge in [0.15, 0.2) is 11.5 Å². The molecule has 0 aromatic carbocycles. The number of nitrogens with zero attached hydrogens (tertiary/aromatic N) is 6. The highest BCUT2D eigenvalue weighted by molar-refractivity contribution is 7.58. The predicted molar refractivity (Wildman–Crippen MR) is 131 cm³/mol. The Balaban J connectivity index is 0.000000170. The maximum Gasteiger partial charge on any atom is 0.349 e. The molecule has 5 heterocycles. The van der Waals surface area contributed by atoms with Gasteiger partial charge in [-0.15, -0.1) is 0 Å². The Kier molecular flexibility index (Phi) is 7.88. The predicted octanol–water partition coefficient (Wildman–Crippen LogP) is 0.796. The van der Waals surface area contributed by atoms with Gasteiger partial charge in [0.05, 0.1) is 38.7 Å².